The first-order chi connectivity index (χ1) is 9.38. The number of rotatable bonds is 3. The molecule has 0 saturated heterocycles. The van der Waals surface area contributed by atoms with Crippen molar-refractivity contribution < 1.29 is 0 Å². The first-order valence-corrected chi connectivity index (χ1v) is 6.38. The Balaban J connectivity index is 1.94. The Morgan fingerprint density at radius 3 is 2.53 bits per heavy atom. The van der Waals surface area contributed by atoms with Crippen molar-refractivity contribution in [2.75, 3.05) is 0 Å². The molecule has 3 rings (SSSR count). The fraction of sp³-hybridized carbons (Fsp3) is 0.118. The van der Waals surface area contributed by atoms with E-state index in [1.54, 1.807) is 0 Å². The van der Waals surface area contributed by atoms with Gasteiger partial charge in [-0.3, -0.25) is 0 Å². The molecule has 1 aromatic heterocycles. The summed E-state index contributed by atoms with van der Waals surface area (Å²) >= 11 is 0. The third kappa shape index (κ3) is 2.23. The molecule has 0 aliphatic rings. The summed E-state index contributed by atoms with van der Waals surface area (Å²) in [5.41, 5.74) is 3.41. The van der Waals surface area contributed by atoms with Gasteiger partial charge in [-0.1, -0.05) is 48.5 Å². The van der Waals surface area contributed by atoms with Crippen molar-refractivity contribution in [1.29, 1.82) is 5.26 Å². The van der Waals surface area contributed by atoms with E-state index < -0.39 is 0 Å². The van der Waals surface area contributed by atoms with Crippen LogP contribution in [-0.2, 0) is 6.42 Å². The van der Waals surface area contributed by atoms with Crippen LogP contribution in [-0.4, -0.2) is 4.98 Å². The molecule has 0 aliphatic carbocycles. The predicted molar refractivity (Wildman–Crippen MR) is 76.8 cm³/mol. The molecule has 1 N–H and O–H groups in total. The Morgan fingerprint density at radius 1 is 1.00 bits per heavy atom. The van der Waals surface area contributed by atoms with Gasteiger partial charge in [0.2, 0.25) is 0 Å². The maximum Gasteiger partial charge on any atom is 0.0753 e. The minimum absolute atomic E-state index is 0.0968. The number of aromatic amines is 1. The molecular weight excluding hydrogens is 232 g/mol. The Labute approximate surface area is 112 Å². The van der Waals surface area contributed by atoms with Gasteiger partial charge in [0.25, 0.3) is 0 Å². The van der Waals surface area contributed by atoms with E-state index in [0.29, 0.717) is 0 Å². The molecule has 2 heteroatoms. The van der Waals surface area contributed by atoms with E-state index in [0.717, 1.165) is 17.5 Å². The molecule has 1 heterocycles. The number of fused-ring (bicyclic) bond motifs is 1. The molecule has 0 saturated carbocycles. The van der Waals surface area contributed by atoms with Crippen molar-refractivity contribution in [3.63, 3.8) is 0 Å². The molecule has 2 nitrogen and oxygen atoms in total. The number of hydrogen-bond acceptors (Lipinski definition) is 1. The fourth-order valence-electron chi connectivity index (χ4n) is 2.44. The van der Waals surface area contributed by atoms with Gasteiger partial charge in [0, 0.05) is 17.1 Å². The lowest BCUT2D eigenvalue weighted by molar-refractivity contribution is 0.854. The van der Waals surface area contributed by atoms with Gasteiger partial charge in [0.05, 0.1) is 12.0 Å². The molecule has 0 fully saturated rings. The minimum atomic E-state index is -0.0968. The Bertz CT molecular complexity index is 720. The molecule has 0 radical (unpaired) electrons. The van der Waals surface area contributed by atoms with Crippen LogP contribution in [0.4, 0.5) is 0 Å². The second-order valence-corrected chi connectivity index (χ2v) is 4.66. The number of nitrogens with one attached hydrogen (secondary N) is 1. The summed E-state index contributed by atoms with van der Waals surface area (Å²) in [6.07, 6.45) is 2.75. The number of nitrogens with zero attached hydrogens (tertiary/aromatic N) is 1. The van der Waals surface area contributed by atoms with Crippen LogP contribution in [0.5, 0.6) is 0 Å². The number of H-pyrrole nitrogens is 1. The summed E-state index contributed by atoms with van der Waals surface area (Å²) in [6.45, 7) is 0. The summed E-state index contributed by atoms with van der Waals surface area (Å²) in [5.74, 6) is -0.0968. The van der Waals surface area contributed by atoms with Gasteiger partial charge < -0.3 is 4.98 Å². The normalized spacial score (nSPS) is 12.2. The van der Waals surface area contributed by atoms with E-state index in [-0.39, 0.29) is 5.92 Å². The molecule has 3 aromatic rings. The van der Waals surface area contributed by atoms with Crippen LogP contribution in [0.25, 0.3) is 10.9 Å². The Kier molecular flexibility index (Phi) is 3.04. The van der Waals surface area contributed by atoms with Gasteiger partial charge in [-0.15, -0.1) is 0 Å². The molecule has 92 valence electrons. The highest BCUT2D eigenvalue weighted by Gasteiger charge is 2.13. The molecular formula is C17H14N2. The highest BCUT2D eigenvalue weighted by atomic mass is 14.7. The van der Waals surface area contributed by atoms with Crippen molar-refractivity contribution in [3.8, 4) is 6.07 Å². The number of para-hydroxylation sites is 1. The van der Waals surface area contributed by atoms with Crippen LogP contribution < -0.4 is 0 Å². The molecule has 0 aliphatic heterocycles. The van der Waals surface area contributed by atoms with Gasteiger partial charge >= 0.3 is 0 Å². The van der Waals surface area contributed by atoms with Crippen LogP contribution in [0.2, 0.25) is 0 Å². The van der Waals surface area contributed by atoms with Crippen LogP contribution in [0.1, 0.15) is 17.0 Å². The number of nitriles is 1. The summed E-state index contributed by atoms with van der Waals surface area (Å²) in [7, 11) is 0. The Hall–Kier alpha value is -2.53. The Morgan fingerprint density at radius 2 is 1.74 bits per heavy atom. The molecule has 19 heavy (non-hydrogen) atoms. The molecule has 0 spiro atoms. The van der Waals surface area contributed by atoms with Crippen LogP contribution >= 0.6 is 0 Å². The zero-order valence-electron chi connectivity index (χ0n) is 10.5. The summed E-state index contributed by atoms with van der Waals surface area (Å²) in [4.78, 5) is 3.26. The van der Waals surface area contributed by atoms with E-state index in [9.17, 15) is 5.26 Å². The summed E-state index contributed by atoms with van der Waals surface area (Å²) in [6, 6.07) is 20.6. The highest BCUT2D eigenvalue weighted by Crippen LogP contribution is 2.25. The minimum Gasteiger partial charge on any atom is -0.361 e. The maximum atomic E-state index is 9.39. The third-order valence-corrected chi connectivity index (χ3v) is 3.46. The zero-order valence-corrected chi connectivity index (χ0v) is 10.5. The fourth-order valence-corrected chi connectivity index (χ4v) is 2.44. The monoisotopic (exact) mass is 246 g/mol. The van der Waals surface area contributed by atoms with Crippen molar-refractivity contribution in [2.24, 2.45) is 0 Å². The zero-order chi connectivity index (χ0) is 13.1. The first kappa shape index (κ1) is 11.6. The van der Waals surface area contributed by atoms with E-state index in [1.807, 2.05) is 48.7 Å². The second-order valence-electron chi connectivity index (χ2n) is 4.66. The van der Waals surface area contributed by atoms with Crippen LogP contribution in [0, 0.1) is 11.3 Å². The number of benzene rings is 2. The number of aromatic nitrogens is 1. The topological polar surface area (TPSA) is 39.6 Å². The lowest BCUT2D eigenvalue weighted by Crippen LogP contribution is -1.99. The number of hydrogen-bond donors (Lipinski definition) is 1. The van der Waals surface area contributed by atoms with Gasteiger partial charge in [0.1, 0.15) is 0 Å². The lowest BCUT2D eigenvalue weighted by atomic mass is 9.93. The van der Waals surface area contributed by atoms with Crippen molar-refractivity contribution in [2.45, 2.75) is 12.3 Å². The van der Waals surface area contributed by atoms with Crippen molar-refractivity contribution in [1.82, 2.24) is 4.98 Å². The van der Waals surface area contributed by atoms with E-state index in [1.165, 1.54) is 10.9 Å². The standard InChI is InChI=1S/C17H14N2/c18-11-14(13-6-2-1-3-7-13)10-15-12-19-17-9-5-4-8-16(15)17/h1-9,12,14,19H,10H2. The largest absolute Gasteiger partial charge is 0.361 e. The first-order valence-electron chi connectivity index (χ1n) is 6.38. The maximum absolute atomic E-state index is 9.39. The van der Waals surface area contributed by atoms with Crippen molar-refractivity contribution >= 4 is 10.9 Å². The second kappa shape index (κ2) is 4.99. The van der Waals surface area contributed by atoms with Gasteiger partial charge in [-0.25, -0.2) is 0 Å². The van der Waals surface area contributed by atoms with Gasteiger partial charge in [-0.05, 0) is 23.6 Å². The SMILES string of the molecule is N#CC(Cc1c[nH]c2ccccc12)c1ccccc1. The molecule has 1 atom stereocenters. The van der Waals surface area contributed by atoms with Crippen molar-refractivity contribution in [3.05, 3.63) is 71.9 Å². The molecule has 2 aromatic carbocycles. The molecule has 1 unspecified atom stereocenters. The summed E-state index contributed by atoms with van der Waals surface area (Å²) < 4.78 is 0. The molecule has 0 amide bonds. The van der Waals surface area contributed by atoms with Gasteiger partial charge in [-0.2, -0.15) is 5.26 Å². The average molecular weight is 246 g/mol. The van der Waals surface area contributed by atoms with E-state index in [2.05, 4.69) is 23.2 Å². The average Bonchev–Trinajstić information content (AvgIpc) is 2.89. The van der Waals surface area contributed by atoms with E-state index in [4.69, 9.17) is 0 Å². The van der Waals surface area contributed by atoms with Crippen LogP contribution in [0.15, 0.2) is 60.8 Å². The highest BCUT2D eigenvalue weighted by molar-refractivity contribution is 5.83. The summed E-state index contributed by atoms with van der Waals surface area (Å²) in [5, 5.41) is 10.6. The lowest BCUT2D eigenvalue weighted by Gasteiger charge is -2.08. The predicted octanol–water partition coefficient (Wildman–Crippen LogP) is 4.02. The smallest absolute Gasteiger partial charge is 0.0753 e. The quantitative estimate of drug-likeness (QED) is 0.745. The third-order valence-electron chi connectivity index (χ3n) is 3.46. The van der Waals surface area contributed by atoms with Gasteiger partial charge in [0.15, 0.2) is 0 Å². The van der Waals surface area contributed by atoms with Crippen LogP contribution in [0.3, 0.4) is 0 Å². The molecule has 0 bridgehead atoms. The van der Waals surface area contributed by atoms with E-state index >= 15 is 0 Å².